The summed E-state index contributed by atoms with van der Waals surface area (Å²) >= 11 is 11.7. The summed E-state index contributed by atoms with van der Waals surface area (Å²) in [5.41, 5.74) is 1.86. The monoisotopic (exact) mass is 614 g/mol. The molecule has 218 valence electrons. The van der Waals surface area contributed by atoms with E-state index in [1.165, 1.54) is 0 Å². The summed E-state index contributed by atoms with van der Waals surface area (Å²) in [6.45, 7) is 2.34. The fraction of sp³-hybridized carbons (Fsp3) is 0.375. The van der Waals surface area contributed by atoms with Crippen LogP contribution in [0.1, 0.15) is 50.6 Å². The van der Waals surface area contributed by atoms with Gasteiger partial charge in [0, 0.05) is 27.4 Å². The maximum Gasteiger partial charge on any atom is 0.304 e. The van der Waals surface area contributed by atoms with E-state index in [0.717, 1.165) is 29.1 Å². The lowest BCUT2D eigenvalue weighted by molar-refractivity contribution is -0.151. The average molecular weight is 616 g/mol. The van der Waals surface area contributed by atoms with Gasteiger partial charge in [-0.05, 0) is 73.6 Å². The van der Waals surface area contributed by atoms with Crippen LogP contribution in [-0.4, -0.2) is 44.4 Å². The second kappa shape index (κ2) is 14.9. The summed E-state index contributed by atoms with van der Waals surface area (Å²) in [5.74, 6) is -0.820. The lowest BCUT2D eigenvalue weighted by Gasteiger charge is -2.45. The molecule has 0 radical (unpaired) electrons. The second-order valence-electron chi connectivity index (χ2n) is 10.4. The lowest BCUT2D eigenvalue weighted by atomic mass is 9.84. The molecular weight excluding hydrogens is 579 g/mol. The number of carboxylic acid groups (broad SMARTS) is 1. The summed E-state index contributed by atoms with van der Waals surface area (Å²) in [4.78, 5) is 27.2. The van der Waals surface area contributed by atoms with E-state index in [-0.39, 0.29) is 24.4 Å². The van der Waals surface area contributed by atoms with Gasteiger partial charge in [-0.15, -0.1) is 0 Å². The van der Waals surface area contributed by atoms with Gasteiger partial charge in [0.15, 0.2) is 0 Å². The molecule has 1 aliphatic heterocycles. The fourth-order valence-corrected chi connectivity index (χ4v) is 6.64. The highest BCUT2D eigenvalue weighted by atomic mass is 35.5. The Morgan fingerprint density at radius 3 is 2.02 bits per heavy atom. The van der Waals surface area contributed by atoms with Crippen molar-refractivity contribution in [3.63, 3.8) is 0 Å². The van der Waals surface area contributed by atoms with E-state index in [1.54, 1.807) is 0 Å². The Balaban J connectivity index is 0.000000483. The molecule has 41 heavy (non-hydrogen) atoms. The van der Waals surface area contributed by atoms with E-state index in [0.29, 0.717) is 36.1 Å². The van der Waals surface area contributed by atoms with Gasteiger partial charge in [-0.1, -0.05) is 78.7 Å². The molecular formula is C32H36Cl2N2O4S. The van der Waals surface area contributed by atoms with E-state index in [1.807, 2.05) is 101 Å². The molecule has 1 saturated carbocycles. The molecule has 6 nitrogen and oxygen atoms in total. The van der Waals surface area contributed by atoms with E-state index in [9.17, 15) is 18.9 Å². The van der Waals surface area contributed by atoms with Gasteiger partial charge in [-0.2, -0.15) is 0 Å². The van der Waals surface area contributed by atoms with E-state index < -0.39 is 22.9 Å². The van der Waals surface area contributed by atoms with E-state index in [4.69, 9.17) is 23.2 Å². The second-order valence-corrected chi connectivity index (χ2v) is 12.9. The Hall–Kier alpha value is -2.87. The highest BCUT2D eigenvalue weighted by Gasteiger charge is 2.46. The minimum absolute atomic E-state index is 0.110. The number of amides is 1. The third-order valence-corrected chi connectivity index (χ3v) is 9.40. The van der Waals surface area contributed by atoms with Crippen molar-refractivity contribution in [1.29, 1.82) is 0 Å². The van der Waals surface area contributed by atoms with Crippen LogP contribution in [0, 0.1) is 11.8 Å². The summed E-state index contributed by atoms with van der Waals surface area (Å²) in [6, 6.07) is 26.4. The number of carboxylic acids is 1. The number of halogens is 2. The maximum absolute atomic E-state index is 13.8. The number of carbonyl (C=O) groups excluding carboxylic acids is 1. The SMILES string of the molecule is CCS(=O)N(CC(C1CC1)N1C(=O)[C@@H](CC(=O)O)CC[C@H]1c1ccc(Cl)cc1)c1ccccc1.Clc1ccccc1. The van der Waals surface area contributed by atoms with Crippen LogP contribution in [0.25, 0.3) is 0 Å². The molecule has 9 heteroatoms. The number of benzene rings is 3. The molecule has 0 aromatic heterocycles. The van der Waals surface area contributed by atoms with Crippen molar-refractivity contribution in [2.75, 3.05) is 16.6 Å². The molecule has 1 amide bonds. The van der Waals surface area contributed by atoms with Gasteiger partial charge >= 0.3 is 5.97 Å². The average Bonchev–Trinajstić information content (AvgIpc) is 3.82. The molecule has 1 heterocycles. The van der Waals surface area contributed by atoms with Crippen LogP contribution >= 0.6 is 23.2 Å². The number of para-hydroxylation sites is 1. The number of likely N-dealkylation sites (tertiary alicyclic amines) is 1. The van der Waals surface area contributed by atoms with Crippen LogP contribution in [0.3, 0.4) is 0 Å². The van der Waals surface area contributed by atoms with Gasteiger partial charge in [0.2, 0.25) is 5.91 Å². The van der Waals surface area contributed by atoms with Crippen LogP contribution < -0.4 is 4.31 Å². The minimum atomic E-state index is -1.23. The number of hydrogen-bond donors (Lipinski definition) is 1. The normalized spacial score (nSPS) is 20.0. The van der Waals surface area contributed by atoms with Crippen molar-refractivity contribution in [3.05, 3.63) is 101 Å². The third-order valence-electron chi connectivity index (χ3n) is 7.55. The van der Waals surface area contributed by atoms with Crippen molar-refractivity contribution in [3.8, 4) is 0 Å². The zero-order valence-electron chi connectivity index (χ0n) is 23.1. The number of nitrogens with zero attached hydrogens (tertiary/aromatic N) is 2. The molecule has 3 aromatic rings. The molecule has 2 aliphatic rings. The molecule has 1 N–H and O–H groups in total. The summed E-state index contributed by atoms with van der Waals surface area (Å²) in [5, 5.41) is 10.8. The van der Waals surface area contributed by atoms with Crippen molar-refractivity contribution in [2.24, 2.45) is 11.8 Å². The van der Waals surface area contributed by atoms with Gasteiger partial charge in [-0.3, -0.25) is 13.9 Å². The van der Waals surface area contributed by atoms with Crippen LogP contribution in [0.2, 0.25) is 10.0 Å². The zero-order valence-corrected chi connectivity index (χ0v) is 25.4. The largest absolute Gasteiger partial charge is 0.481 e. The topological polar surface area (TPSA) is 77.9 Å². The Morgan fingerprint density at radius 1 is 0.927 bits per heavy atom. The summed E-state index contributed by atoms with van der Waals surface area (Å²) < 4.78 is 15.0. The number of carbonyl (C=O) groups is 2. The standard InChI is InChI=1S/C26H31ClN2O4S.C6H5Cl/c1-2-34(33)28(22-6-4-3-5-7-22)17-24(19-8-9-19)29-23(18-10-13-21(27)14-11-18)15-12-20(26(29)32)16-25(30)31;7-6-4-2-1-3-5-6/h3-7,10-11,13-14,19-20,23-24H,2,8-9,12,15-17H2,1H3,(H,30,31);1-5H/t20-,23+,24?,34?;/m1./s1. The first-order valence-electron chi connectivity index (χ1n) is 14.0. The molecule has 2 fully saturated rings. The number of anilines is 1. The number of rotatable bonds is 10. The minimum Gasteiger partial charge on any atom is -0.481 e. The number of piperidine rings is 1. The summed E-state index contributed by atoms with van der Waals surface area (Å²) in [6.07, 6.45) is 3.08. The van der Waals surface area contributed by atoms with Crippen LogP contribution in [0.4, 0.5) is 5.69 Å². The predicted octanol–water partition coefficient (Wildman–Crippen LogP) is 7.40. The van der Waals surface area contributed by atoms with Crippen molar-refractivity contribution < 1.29 is 18.9 Å². The van der Waals surface area contributed by atoms with Crippen LogP contribution in [0.15, 0.2) is 84.9 Å². The van der Waals surface area contributed by atoms with Crippen molar-refractivity contribution in [2.45, 2.75) is 51.1 Å². The lowest BCUT2D eigenvalue weighted by Crippen LogP contribution is -2.54. The van der Waals surface area contributed by atoms with E-state index >= 15 is 0 Å². The van der Waals surface area contributed by atoms with Gasteiger partial charge in [-0.25, -0.2) is 4.21 Å². The van der Waals surface area contributed by atoms with Gasteiger partial charge < -0.3 is 10.0 Å². The summed E-state index contributed by atoms with van der Waals surface area (Å²) in [7, 11) is -1.23. The fourth-order valence-electron chi connectivity index (χ4n) is 5.38. The third kappa shape index (κ3) is 8.57. The Bertz CT molecular complexity index is 1310. The highest BCUT2D eigenvalue weighted by Crippen LogP contribution is 2.44. The molecule has 3 aromatic carbocycles. The van der Waals surface area contributed by atoms with Crippen molar-refractivity contribution >= 4 is 51.8 Å². The highest BCUT2D eigenvalue weighted by molar-refractivity contribution is 7.86. The first-order valence-corrected chi connectivity index (χ1v) is 16.0. The Kier molecular flexibility index (Phi) is 11.3. The van der Waals surface area contributed by atoms with Crippen molar-refractivity contribution in [1.82, 2.24) is 4.90 Å². The molecule has 2 unspecified atom stereocenters. The van der Waals surface area contributed by atoms with Crippen LogP contribution in [-0.2, 0) is 20.6 Å². The Morgan fingerprint density at radius 2 is 1.51 bits per heavy atom. The first-order chi connectivity index (χ1) is 19.8. The van der Waals surface area contributed by atoms with E-state index in [2.05, 4.69) is 0 Å². The predicted molar refractivity (Wildman–Crippen MR) is 166 cm³/mol. The molecule has 0 bridgehead atoms. The number of hydrogen-bond acceptors (Lipinski definition) is 3. The quantitative estimate of drug-likeness (QED) is 0.258. The van der Waals surface area contributed by atoms with Gasteiger partial charge in [0.05, 0.1) is 25.0 Å². The zero-order chi connectivity index (χ0) is 29.4. The molecule has 1 saturated heterocycles. The van der Waals surface area contributed by atoms with Gasteiger partial charge in [0.25, 0.3) is 0 Å². The first kappa shape index (κ1) is 31.1. The molecule has 4 atom stereocenters. The smallest absolute Gasteiger partial charge is 0.304 e. The van der Waals surface area contributed by atoms with Crippen LogP contribution in [0.5, 0.6) is 0 Å². The number of aliphatic carboxylic acids is 1. The molecule has 0 spiro atoms. The molecule has 1 aliphatic carbocycles. The maximum atomic E-state index is 13.8. The molecule has 5 rings (SSSR count). The Labute approximate surface area is 254 Å². The van der Waals surface area contributed by atoms with Gasteiger partial charge in [0.1, 0.15) is 11.0 Å².